The van der Waals surface area contributed by atoms with Gasteiger partial charge in [0.05, 0.1) is 31.5 Å². The van der Waals surface area contributed by atoms with E-state index in [0.717, 1.165) is 38.0 Å². The summed E-state index contributed by atoms with van der Waals surface area (Å²) in [6.45, 7) is 1.85. The van der Waals surface area contributed by atoms with E-state index < -0.39 is 0 Å². The van der Waals surface area contributed by atoms with E-state index in [1.54, 1.807) is 6.33 Å². The number of nitrogens with one attached hydrogen (secondary N) is 1. The highest BCUT2D eigenvalue weighted by Crippen LogP contribution is 2.29. The van der Waals surface area contributed by atoms with Crippen molar-refractivity contribution in [2.75, 3.05) is 18.5 Å². The summed E-state index contributed by atoms with van der Waals surface area (Å²) in [5.74, 6) is 0.759. The second-order valence-corrected chi connectivity index (χ2v) is 7.63. The Kier molecular flexibility index (Phi) is 4.97. The van der Waals surface area contributed by atoms with Gasteiger partial charge in [0.15, 0.2) is 6.29 Å². The molecule has 1 N–H and O–H groups in total. The van der Waals surface area contributed by atoms with Crippen molar-refractivity contribution < 1.29 is 9.47 Å². The predicted molar refractivity (Wildman–Crippen MR) is 114 cm³/mol. The van der Waals surface area contributed by atoms with E-state index in [0.29, 0.717) is 19.8 Å². The third-order valence-corrected chi connectivity index (χ3v) is 5.21. The molecule has 29 heavy (non-hydrogen) atoms. The van der Waals surface area contributed by atoms with Crippen LogP contribution in [0.3, 0.4) is 0 Å². The standard InChI is InChI=1S/C21H18BrN5O2/c22-16-2-1-3-17(9-16)26-21-18-8-14(4-5-19(18)23-13-24-21)15-10-25-27(11-15)12-20-28-6-7-29-20/h1-5,8-11,13,20H,6-7,12H2,(H,23,24,26). The highest BCUT2D eigenvalue weighted by molar-refractivity contribution is 9.10. The van der Waals surface area contributed by atoms with Crippen LogP contribution in [0.4, 0.5) is 11.5 Å². The highest BCUT2D eigenvalue weighted by atomic mass is 79.9. The molecule has 1 saturated heterocycles. The van der Waals surface area contributed by atoms with Crippen LogP contribution in [-0.2, 0) is 16.0 Å². The first-order valence-corrected chi connectivity index (χ1v) is 10.1. The number of hydrogen-bond acceptors (Lipinski definition) is 6. The number of fused-ring (bicyclic) bond motifs is 1. The van der Waals surface area contributed by atoms with Gasteiger partial charge in [-0.1, -0.05) is 28.1 Å². The molecule has 3 heterocycles. The Bertz CT molecular complexity index is 1160. The molecule has 1 fully saturated rings. The van der Waals surface area contributed by atoms with Gasteiger partial charge in [0.2, 0.25) is 0 Å². The van der Waals surface area contributed by atoms with E-state index >= 15 is 0 Å². The summed E-state index contributed by atoms with van der Waals surface area (Å²) in [6, 6.07) is 14.1. The lowest BCUT2D eigenvalue weighted by molar-refractivity contribution is -0.0545. The molecule has 1 aliphatic heterocycles. The van der Waals surface area contributed by atoms with Crippen LogP contribution in [0.1, 0.15) is 0 Å². The lowest BCUT2D eigenvalue weighted by atomic mass is 10.1. The highest BCUT2D eigenvalue weighted by Gasteiger charge is 2.17. The van der Waals surface area contributed by atoms with Crippen LogP contribution in [0.5, 0.6) is 0 Å². The van der Waals surface area contributed by atoms with Gasteiger partial charge < -0.3 is 14.8 Å². The number of rotatable bonds is 5. The molecule has 8 heteroatoms. The molecule has 0 bridgehead atoms. The van der Waals surface area contributed by atoms with Gasteiger partial charge in [-0.15, -0.1) is 0 Å². The van der Waals surface area contributed by atoms with Crippen LogP contribution in [-0.4, -0.2) is 39.3 Å². The van der Waals surface area contributed by atoms with Crippen molar-refractivity contribution in [1.82, 2.24) is 19.7 Å². The minimum absolute atomic E-state index is 0.228. The van der Waals surface area contributed by atoms with Crippen molar-refractivity contribution in [3.05, 3.63) is 65.7 Å². The Morgan fingerprint density at radius 1 is 1.07 bits per heavy atom. The van der Waals surface area contributed by atoms with Crippen molar-refractivity contribution in [3.63, 3.8) is 0 Å². The third-order valence-electron chi connectivity index (χ3n) is 4.72. The van der Waals surface area contributed by atoms with Crippen LogP contribution < -0.4 is 5.32 Å². The van der Waals surface area contributed by atoms with Crippen LogP contribution >= 0.6 is 15.9 Å². The first-order valence-electron chi connectivity index (χ1n) is 9.28. The van der Waals surface area contributed by atoms with Crippen molar-refractivity contribution in [2.24, 2.45) is 0 Å². The van der Waals surface area contributed by atoms with Gasteiger partial charge in [0.1, 0.15) is 12.1 Å². The number of benzene rings is 2. The van der Waals surface area contributed by atoms with E-state index in [-0.39, 0.29) is 6.29 Å². The molecule has 4 aromatic rings. The number of anilines is 2. The lowest BCUT2D eigenvalue weighted by Crippen LogP contribution is -2.16. The van der Waals surface area contributed by atoms with Gasteiger partial charge >= 0.3 is 0 Å². The van der Waals surface area contributed by atoms with E-state index in [1.807, 2.05) is 53.5 Å². The fraction of sp³-hybridized carbons (Fsp3) is 0.190. The maximum absolute atomic E-state index is 5.50. The van der Waals surface area contributed by atoms with Gasteiger partial charge in [0.25, 0.3) is 0 Å². The van der Waals surface area contributed by atoms with Crippen LogP contribution in [0.25, 0.3) is 22.0 Å². The Balaban J connectivity index is 1.45. The van der Waals surface area contributed by atoms with Crippen molar-refractivity contribution in [1.29, 1.82) is 0 Å². The Morgan fingerprint density at radius 2 is 1.97 bits per heavy atom. The number of aromatic nitrogens is 4. The summed E-state index contributed by atoms with van der Waals surface area (Å²) in [5.41, 5.74) is 3.89. The first kappa shape index (κ1) is 18.2. The van der Waals surface area contributed by atoms with E-state index in [4.69, 9.17) is 9.47 Å². The SMILES string of the molecule is Brc1cccc(Nc2ncnc3ccc(-c4cnn(CC5OCCO5)c4)cc23)c1. The van der Waals surface area contributed by atoms with E-state index in [2.05, 4.69) is 42.4 Å². The van der Waals surface area contributed by atoms with Crippen LogP contribution in [0.2, 0.25) is 0 Å². The molecular weight excluding hydrogens is 434 g/mol. The van der Waals surface area contributed by atoms with Crippen molar-refractivity contribution in [3.8, 4) is 11.1 Å². The lowest BCUT2D eigenvalue weighted by Gasteiger charge is -2.10. The number of nitrogens with zero attached hydrogens (tertiary/aromatic N) is 4. The Labute approximate surface area is 175 Å². The monoisotopic (exact) mass is 451 g/mol. The second-order valence-electron chi connectivity index (χ2n) is 6.71. The molecular formula is C21H18BrN5O2. The molecule has 0 spiro atoms. The molecule has 146 valence electrons. The zero-order chi connectivity index (χ0) is 19.6. The minimum atomic E-state index is -0.228. The van der Waals surface area contributed by atoms with Crippen molar-refractivity contribution in [2.45, 2.75) is 12.8 Å². The molecule has 0 amide bonds. The second kappa shape index (κ2) is 7.90. The summed E-state index contributed by atoms with van der Waals surface area (Å²) in [6.07, 6.45) is 5.19. The van der Waals surface area contributed by atoms with E-state index in [9.17, 15) is 0 Å². The van der Waals surface area contributed by atoms with Gasteiger partial charge in [-0.05, 0) is 35.9 Å². The molecule has 0 unspecified atom stereocenters. The predicted octanol–water partition coefficient (Wildman–Crippen LogP) is 4.37. The molecule has 1 aliphatic rings. The summed E-state index contributed by atoms with van der Waals surface area (Å²) < 4.78 is 13.8. The van der Waals surface area contributed by atoms with Gasteiger partial charge in [0, 0.05) is 27.3 Å². The molecule has 5 rings (SSSR count). The Morgan fingerprint density at radius 3 is 2.83 bits per heavy atom. The normalized spacial score (nSPS) is 14.5. The molecule has 0 saturated carbocycles. The average molecular weight is 452 g/mol. The molecule has 0 aliphatic carbocycles. The fourth-order valence-electron chi connectivity index (χ4n) is 3.32. The first-order chi connectivity index (χ1) is 14.2. The molecule has 0 atom stereocenters. The summed E-state index contributed by atoms with van der Waals surface area (Å²) in [5, 5.41) is 8.77. The van der Waals surface area contributed by atoms with Crippen molar-refractivity contribution >= 4 is 38.3 Å². The summed E-state index contributed by atoms with van der Waals surface area (Å²) >= 11 is 3.50. The summed E-state index contributed by atoms with van der Waals surface area (Å²) in [7, 11) is 0. The molecule has 2 aromatic carbocycles. The quantitative estimate of drug-likeness (QED) is 0.485. The van der Waals surface area contributed by atoms with Gasteiger partial charge in [-0.2, -0.15) is 5.10 Å². The fourth-order valence-corrected chi connectivity index (χ4v) is 3.72. The van der Waals surface area contributed by atoms with Crippen LogP contribution in [0.15, 0.2) is 65.7 Å². The maximum atomic E-state index is 5.50. The number of hydrogen-bond donors (Lipinski definition) is 1. The molecule has 7 nitrogen and oxygen atoms in total. The largest absolute Gasteiger partial charge is 0.348 e. The summed E-state index contributed by atoms with van der Waals surface area (Å²) in [4.78, 5) is 8.84. The zero-order valence-electron chi connectivity index (χ0n) is 15.5. The average Bonchev–Trinajstić information content (AvgIpc) is 3.41. The topological polar surface area (TPSA) is 74.1 Å². The number of halogens is 1. The maximum Gasteiger partial charge on any atom is 0.177 e. The minimum Gasteiger partial charge on any atom is -0.348 e. The van der Waals surface area contributed by atoms with Crippen LogP contribution in [0, 0.1) is 0 Å². The number of ether oxygens (including phenoxy) is 2. The van der Waals surface area contributed by atoms with E-state index in [1.165, 1.54) is 0 Å². The third kappa shape index (κ3) is 4.00. The molecule has 0 radical (unpaired) electrons. The van der Waals surface area contributed by atoms with Gasteiger partial charge in [-0.25, -0.2) is 9.97 Å². The molecule has 2 aromatic heterocycles. The van der Waals surface area contributed by atoms with Gasteiger partial charge in [-0.3, -0.25) is 4.68 Å². The smallest absolute Gasteiger partial charge is 0.177 e. The zero-order valence-corrected chi connectivity index (χ0v) is 17.0. The Hall–Kier alpha value is -2.81.